The first-order valence-electron chi connectivity index (χ1n) is 6.21. The smallest absolute Gasteiger partial charge is 0.316 e. The fourth-order valence-electron chi connectivity index (χ4n) is 2.31. The largest absolute Gasteiger partial charge is 0.416 e. The van der Waals surface area contributed by atoms with Crippen molar-refractivity contribution in [3.63, 3.8) is 0 Å². The van der Waals surface area contributed by atoms with Gasteiger partial charge in [-0.2, -0.15) is 13.2 Å². The molecule has 1 aromatic rings. The van der Waals surface area contributed by atoms with Crippen LogP contribution in [-0.4, -0.2) is 18.9 Å². The summed E-state index contributed by atoms with van der Waals surface area (Å²) in [6.45, 7) is 3.25. The molecule has 1 aliphatic rings. The van der Waals surface area contributed by atoms with Crippen LogP contribution in [0.1, 0.15) is 24.5 Å². The third-order valence-corrected chi connectivity index (χ3v) is 3.66. The molecule has 0 radical (unpaired) electrons. The molecule has 1 atom stereocenters. The van der Waals surface area contributed by atoms with Crippen molar-refractivity contribution in [2.75, 3.05) is 13.1 Å². The molecule has 1 aliphatic heterocycles. The average molecular weight is 271 g/mol. The zero-order valence-electron chi connectivity index (χ0n) is 10.7. The number of hydrogen-bond acceptors (Lipinski definition) is 2. The van der Waals surface area contributed by atoms with Crippen LogP contribution in [0.15, 0.2) is 24.3 Å². The maximum atomic E-state index is 12.6. The van der Waals surface area contributed by atoms with Crippen molar-refractivity contribution in [1.29, 1.82) is 0 Å². The lowest BCUT2D eigenvalue weighted by Crippen LogP contribution is -2.31. The molecule has 0 amide bonds. The number of halogens is 3. The van der Waals surface area contributed by atoms with E-state index in [2.05, 4.69) is 5.32 Å². The number of alkyl halides is 3. The second kappa shape index (κ2) is 4.96. The number of carbonyl (C=O) groups is 1. The van der Waals surface area contributed by atoms with Gasteiger partial charge in [-0.1, -0.05) is 25.1 Å². The molecule has 5 heteroatoms. The summed E-state index contributed by atoms with van der Waals surface area (Å²) in [5.74, 6) is -0.00294. The molecule has 1 saturated heterocycles. The molecule has 1 N–H and O–H groups in total. The second-order valence-electron chi connectivity index (χ2n) is 5.29. The molecule has 1 fully saturated rings. The van der Waals surface area contributed by atoms with Gasteiger partial charge < -0.3 is 5.32 Å². The summed E-state index contributed by atoms with van der Waals surface area (Å²) >= 11 is 0. The Morgan fingerprint density at radius 1 is 1.42 bits per heavy atom. The van der Waals surface area contributed by atoms with Gasteiger partial charge in [0.25, 0.3) is 0 Å². The van der Waals surface area contributed by atoms with E-state index in [1.165, 1.54) is 6.07 Å². The molecule has 2 rings (SSSR count). The van der Waals surface area contributed by atoms with E-state index < -0.39 is 17.2 Å². The number of nitrogens with one attached hydrogen (secondary N) is 1. The molecular formula is C14H16F3NO. The van der Waals surface area contributed by atoms with E-state index in [-0.39, 0.29) is 12.2 Å². The fraction of sp³-hybridized carbons (Fsp3) is 0.500. The van der Waals surface area contributed by atoms with E-state index in [0.717, 1.165) is 25.1 Å². The summed E-state index contributed by atoms with van der Waals surface area (Å²) in [5.41, 5.74) is -0.728. The standard InChI is InChI=1S/C14H16F3NO/c1-13(5-6-18-9-13)12(19)8-10-3-2-4-11(7-10)14(15,16)17/h2-4,7,18H,5-6,8-9H2,1H3. The minimum atomic E-state index is -4.36. The van der Waals surface area contributed by atoms with Crippen LogP contribution in [0, 0.1) is 5.41 Å². The number of ketones is 1. The highest BCUT2D eigenvalue weighted by molar-refractivity contribution is 5.87. The van der Waals surface area contributed by atoms with Crippen LogP contribution < -0.4 is 5.32 Å². The monoisotopic (exact) mass is 271 g/mol. The van der Waals surface area contributed by atoms with Crippen molar-refractivity contribution in [2.24, 2.45) is 5.41 Å². The minimum absolute atomic E-state index is 0.00294. The van der Waals surface area contributed by atoms with Crippen LogP contribution >= 0.6 is 0 Å². The lowest BCUT2D eigenvalue weighted by molar-refractivity contribution is -0.137. The van der Waals surface area contributed by atoms with Crippen molar-refractivity contribution in [3.05, 3.63) is 35.4 Å². The van der Waals surface area contributed by atoms with Crippen LogP contribution in [0.3, 0.4) is 0 Å². The molecule has 2 nitrogen and oxygen atoms in total. The highest BCUT2D eigenvalue weighted by Crippen LogP contribution is 2.31. The van der Waals surface area contributed by atoms with E-state index in [0.29, 0.717) is 12.1 Å². The van der Waals surface area contributed by atoms with Gasteiger partial charge in [0.1, 0.15) is 5.78 Å². The van der Waals surface area contributed by atoms with Gasteiger partial charge in [0.15, 0.2) is 0 Å². The van der Waals surface area contributed by atoms with E-state index >= 15 is 0 Å². The Kier molecular flexibility index (Phi) is 3.67. The SMILES string of the molecule is CC1(C(=O)Cc2cccc(C(F)(F)F)c2)CCNC1. The highest BCUT2D eigenvalue weighted by Gasteiger charge is 2.36. The summed E-state index contributed by atoms with van der Waals surface area (Å²) in [5, 5.41) is 3.11. The number of Topliss-reactive ketones (excluding diaryl/α,β-unsaturated/α-hetero) is 1. The lowest BCUT2D eigenvalue weighted by atomic mass is 9.82. The molecule has 0 aliphatic carbocycles. The first-order valence-corrected chi connectivity index (χ1v) is 6.21. The van der Waals surface area contributed by atoms with Crippen molar-refractivity contribution in [3.8, 4) is 0 Å². The zero-order valence-corrected chi connectivity index (χ0v) is 10.7. The normalized spacial score (nSPS) is 23.6. The van der Waals surface area contributed by atoms with Gasteiger partial charge in [-0.15, -0.1) is 0 Å². The van der Waals surface area contributed by atoms with E-state index in [9.17, 15) is 18.0 Å². The summed E-state index contributed by atoms with van der Waals surface area (Å²) in [6.07, 6.45) is -3.56. The Hall–Kier alpha value is -1.36. The number of hydrogen-bond donors (Lipinski definition) is 1. The Labute approximate surface area is 110 Å². The molecule has 0 aromatic heterocycles. The van der Waals surface area contributed by atoms with Gasteiger partial charge in [0, 0.05) is 18.4 Å². The second-order valence-corrected chi connectivity index (χ2v) is 5.29. The van der Waals surface area contributed by atoms with E-state index in [4.69, 9.17) is 0 Å². The summed E-state index contributed by atoms with van der Waals surface area (Å²) in [7, 11) is 0. The van der Waals surface area contributed by atoms with Crippen molar-refractivity contribution < 1.29 is 18.0 Å². The number of carbonyl (C=O) groups excluding carboxylic acids is 1. The quantitative estimate of drug-likeness (QED) is 0.916. The first-order chi connectivity index (χ1) is 8.81. The zero-order chi connectivity index (χ0) is 14.1. The molecule has 19 heavy (non-hydrogen) atoms. The van der Waals surface area contributed by atoms with Gasteiger partial charge in [0.05, 0.1) is 5.56 Å². The van der Waals surface area contributed by atoms with Gasteiger partial charge >= 0.3 is 6.18 Å². The third kappa shape index (κ3) is 3.15. The predicted molar refractivity (Wildman–Crippen MR) is 65.7 cm³/mol. The topological polar surface area (TPSA) is 29.1 Å². The van der Waals surface area contributed by atoms with Crippen molar-refractivity contribution in [2.45, 2.75) is 25.9 Å². The molecular weight excluding hydrogens is 255 g/mol. The molecule has 1 unspecified atom stereocenters. The van der Waals surface area contributed by atoms with Crippen LogP contribution in [-0.2, 0) is 17.4 Å². The van der Waals surface area contributed by atoms with Crippen LogP contribution in [0.5, 0.6) is 0 Å². The summed E-state index contributed by atoms with van der Waals surface area (Å²) < 4.78 is 37.8. The minimum Gasteiger partial charge on any atom is -0.316 e. The predicted octanol–water partition coefficient (Wildman–Crippen LogP) is 2.82. The molecule has 0 bridgehead atoms. The van der Waals surface area contributed by atoms with Crippen LogP contribution in [0.4, 0.5) is 13.2 Å². The van der Waals surface area contributed by atoms with E-state index in [1.54, 1.807) is 6.07 Å². The molecule has 104 valence electrons. The van der Waals surface area contributed by atoms with E-state index in [1.807, 2.05) is 6.92 Å². The van der Waals surface area contributed by atoms with Gasteiger partial charge in [-0.25, -0.2) is 0 Å². The maximum Gasteiger partial charge on any atom is 0.416 e. The number of benzene rings is 1. The summed E-state index contributed by atoms with van der Waals surface area (Å²) in [4.78, 5) is 12.2. The Bertz CT molecular complexity index is 476. The number of rotatable bonds is 3. The lowest BCUT2D eigenvalue weighted by Gasteiger charge is -2.21. The molecule has 1 heterocycles. The van der Waals surface area contributed by atoms with Crippen molar-refractivity contribution in [1.82, 2.24) is 5.32 Å². The Morgan fingerprint density at radius 3 is 2.74 bits per heavy atom. The fourth-order valence-corrected chi connectivity index (χ4v) is 2.31. The van der Waals surface area contributed by atoms with Crippen LogP contribution in [0.25, 0.3) is 0 Å². The Balaban J connectivity index is 2.13. The summed E-state index contributed by atoms with van der Waals surface area (Å²) in [6, 6.07) is 5.00. The van der Waals surface area contributed by atoms with Gasteiger partial charge in [-0.05, 0) is 24.6 Å². The third-order valence-electron chi connectivity index (χ3n) is 3.66. The highest BCUT2D eigenvalue weighted by atomic mass is 19.4. The van der Waals surface area contributed by atoms with Crippen LogP contribution in [0.2, 0.25) is 0 Å². The van der Waals surface area contributed by atoms with Crippen molar-refractivity contribution >= 4 is 5.78 Å². The maximum absolute atomic E-state index is 12.6. The molecule has 0 spiro atoms. The van der Waals surface area contributed by atoms with Gasteiger partial charge in [0.2, 0.25) is 0 Å². The molecule has 0 saturated carbocycles. The Morgan fingerprint density at radius 2 is 2.16 bits per heavy atom. The van der Waals surface area contributed by atoms with Gasteiger partial charge in [-0.3, -0.25) is 4.79 Å². The molecule has 1 aromatic carbocycles. The first kappa shape index (κ1) is 14.1. The average Bonchev–Trinajstić information content (AvgIpc) is 2.77.